The maximum atomic E-state index is 15.4. The van der Waals surface area contributed by atoms with Crippen molar-refractivity contribution < 1.29 is 8.63 Å². The van der Waals surface area contributed by atoms with E-state index in [1.54, 1.807) is 0 Å². The van der Waals surface area contributed by atoms with E-state index in [9.17, 15) is 0 Å². The highest BCUT2D eigenvalue weighted by atomic mass is 19.2. The Balaban J connectivity index is 1.62. The number of hydrogen-bond donors (Lipinski definition) is 0. The number of aryl methyl sites for hydroxylation is 1. The molecule has 0 saturated carbocycles. The first-order valence-electron chi connectivity index (χ1n) is 14.3. The molecular weight excluding hydrogens is 533 g/mol. The van der Waals surface area contributed by atoms with Gasteiger partial charge in [0.2, 0.25) is 0 Å². The molecule has 1 aliphatic heterocycles. The molecule has 0 radical (unpaired) electrons. The second-order valence-corrected chi connectivity index (χ2v) is 10.6. The maximum absolute atomic E-state index is 15.4. The molecule has 0 fully saturated rings. The Morgan fingerprint density at radius 3 is 1.77 bits per heavy atom. The van der Waals surface area contributed by atoms with Crippen LogP contribution in [0.25, 0.3) is 33.7 Å². The highest BCUT2D eigenvalue weighted by Crippen LogP contribution is 2.45. The SMILES string of the molecule is Cc1ccc(C2=N/C(=C(/c3ccccc3)c3c(-c4ccccc4)cc(-c4ccccc4)n3B(F)F)c3ccccc32)cc1. The fraction of sp³-hybridized carbons (Fsp3) is 0.0263. The number of nitrogens with zero attached hydrogens (tertiary/aromatic N) is 2. The lowest BCUT2D eigenvalue weighted by Gasteiger charge is -2.18. The molecule has 0 amide bonds. The molecule has 0 N–H and O–H groups in total. The number of aliphatic imine (C=N–C) groups is 1. The van der Waals surface area contributed by atoms with Crippen LogP contribution in [0.5, 0.6) is 0 Å². The van der Waals surface area contributed by atoms with Crippen LogP contribution in [0.1, 0.15) is 33.5 Å². The monoisotopic (exact) mass is 560 g/mol. The van der Waals surface area contributed by atoms with E-state index in [0.717, 1.165) is 50.2 Å². The second-order valence-electron chi connectivity index (χ2n) is 10.6. The Morgan fingerprint density at radius 2 is 1.14 bits per heavy atom. The second kappa shape index (κ2) is 11.2. The van der Waals surface area contributed by atoms with E-state index in [4.69, 9.17) is 4.99 Å². The van der Waals surface area contributed by atoms with Gasteiger partial charge in [0.1, 0.15) is 0 Å². The van der Waals surface area contributed by atoms with Crippen LogP contribution in [-0.2, 0) is 0 Å². The Hall–Kier alpha value is -5.29. The molecule has 206 valence electrons. The van der Waals surface area contributed by atoms with Crippen molar-refractivity contribution in [3.8, 4) is 22.4 Å². The molecule has 5 aromatic carbocycles. The molecule has 0 bridgehead atoms. The largest absolute Gasteiger partial charge is 0.678 e. The van der Waals surface area contributed by atoms with Crippen LogP contribution in [0.2, 0.25) is 0 Å². The predicted molar refractivity (Wildman–Crippen MR) is 174 cm³/mol. The molecule has 2 heterocycles. The summed E-state index contributed by atoms with van der Waals surface area (Å²) in [5.41, 5.74) is 10.2. The number of benzene rings is 5. The molecule has 6 aromatic rings. The van der Waals surface area contributed by atoms with Gasteiger partial charge in [0.05, 0.1) is 17.1 Å². The summed E-state index contributed by atoms with van der Waals surface area (Å²) in [6, 6.07) is 47.2. The van der Waals surface area contributed by atoms with Crippen LogP contribution in [0, 0.1) is 6.92 Å². The van der Waals surface area contributed by atoms with Gasteiger partial charge in [-0.1, -0.05) is 145 Å². The van der Waals surface area contributed by atoms with Crippen molar-refractivity contribution >= 4 is 24.4 Å². The normalized spacial score (nSPS) is 13.4. The van der Waals surface area contributed by atoms with Crippen LogP contribution in [0.4, 0.5) is 8.63 Å². The van der Waals surface area contributed by atoms with Gasteiger partial charge < -0.3 is 4.48 Å². The first-order chi connectivity index (χ1) is 21.1. The van der Waals surface area contributed by atoms with Crippen molar-refractivity contribution in [1.82, 2.24) is 4.48 Å². The lowest BCUT2D eigenvalue weighted by atomic mass is 9.91. The van der Waals surface area contributed by atoms with Gasteiger partial charge in [0, 0.05) is 33.5 Å². The molecule has 0 spiro atoms. The van der Waals surface area contributed by atoms with Crippen molar-refractivity contribution in [2.24, 2.45) is 4.99 Å². The third-order valence-corrected chi connectivity index (χ3v) is 7.91. The molecular formula is C38H27BF2N2. The lowest BCUT2D eigenvalue weighted by Crippen LogP contribution is -2.18. The zero-order valence-corrected chi connectivity index (χ0v) is 23.6. The van der Waals surface area contributed by atoms with Crippen LogP contribution >= 0.6 is 0 Å². The average Bonchev–Trinajstić information content (AvgIpc) is 3.63. The molecule has 1 aromatic heterocycles. The molecule has 0 unspecified atom stereocenters. The van der Waals surface area contributed by atoms with E-state index >= 15 is 8.63 Å². The molecule has 1 aliphatic rings. The predicted octanol–water partition coefficient (Wildman–Crippen LogP) is 9.67. The highest BCUT2D eigenvalue weighted by molar-refractivity contribution is 6.43. The third kappa shape index (κ3) is 4.83. The van der Waals surface area contributed by atoms with Crippen molar-refractivity contribution in [3.05, 3.63) is 179 Å². The molecule has 0 atom stereocenters. The fourth-order valence-corrected chi connectivity index (χ4v) is 5.89. The molecule has 43 heavy (non-hydrogen) atoms. The van der Waals surface area contributed by atoms with Crippen molar-refractivity contribution in [1.29, 1.82) is 0 Å². The van der Waals surface area contributed by atoms with E-state index in [0.29, 0.717) is 22.7 Å². The fourth-order valence-electron chi connectivity index (χ4n) is 5.89. The van der Waals surface area contributed by atoms with Gasteiger partial charge in [-0.25, -0.2) is 4.99 Å². The van der Waals surface area contributed by atoms with E-state index < -0.39 is 7.40 Å². The summed E-state index contributed by atoms with van der Waals surface area (Å²) in [5, 5.41) is 0. The Labute approximate surface area is 250 Å². The van der Waals surface area contributed by atoms with E-state index in [1.165, 1.54) is 4.48 Å². The zero-order chi connectivity index (χ0) is 29.3. The van der Waals surface area contributed by atoms with E-state index in [-0.39, 0.29) is 0 Å². The summed E-state index contributed by atoms with van der Waals surface area (Å²) in [6.45, 7) is 2.06. The highest BCUT2D eigenvalue weighted by Gasteiger charge is 2.33. The summed E-state index contributed by atoms with van der Waals surface area (Å²) < 4.78 is 32.1. The van der Waals surface area contributed by atoms with Crippen LogP contribution in [-0.4, -0.2) is 17.6 Å². The van der Waals surface area contributed by atoms with Crippen molar-refractivity contribution in [3.63, 3.8) is 0 Å². The molecule has 0 saturated heterocycles. The number of halogens is 2. The van der Waals surface area contributed by atoms with Crippen LogP contribution in [0.15, 0.2) is 151 Å². The Morgan fingerprint density at radius 1 is 0.581 bits per heavy atom. The maximum Gasteiger partial charge on any atom is 0.678 e. The van der Waals surface area contributed by atoms with Crippen LogP contribution in [0.3, 0.4) is 0 Å². The van der Waals surface area contributed by atoms with E-state index in [1.807, 2.05) is 115 Å². The van der Waals surface area contributed by atoms with Crippen molar-refractivity contribution in [2.45, 2.75) is 6.92 Å². The summed E-state index contributed by atoms with van der Waals surface area (Å²) in [6.07, 6.45) is 0. The van der Waals surface area contributed by atoms with Crippen LogP contribution < -0.4 is 0 Å². The minimum Gasteiger partial charge on any atom is -0.324 e. The Kier molecular flexibility index (Phi) is 6.92. The van der Waals surface area contributed by atoms with Gasteiger partial charge in [-0.15, -0.1) is 0 Å². The summed E-state index contributed by atoms with van der Waals surface area (Å²) in [5.74, 6) is 0. The minimum absolute atomic E-state index is 0.435. The van der Waals surface area contributed by atoms with Gasteiger partial charge in [0.15, 0.2) is 0 Å². The first-order valence-corrected chi connectivity index (χ1v) is 14.3. The first kappa shape index (κ1) is 26.6. The van der Waals surface area contributed by atoms with Gasteiger partial charge >= 0.3 is 7.40 Å². The topological polar surface area (TPSA) is 17.3 Å². The third-order valence-electron chi connectivity index (χ3n) is 7.91. The number of hydrogen-bond acceptors (Lipinski definition) is 1. The van der Waals surface area contributed by atoms with E-state index in [2.05, 4.69) is 37.3 Å². The average molecular weight is 560 g/mol. The standard InChI is InChI=1S/C38H27BF2N2/c1-26-21-23-30(24-22-26)36-31-19-11-12-20-32(31)37(42-36)35(29-17-9-4-10-18-29)38-33(27-13-5-2-6-14-27)25-34(43(38)39(40)41)28-15-7-3-8-16-28/h2-25H,1H3/b37-35-. The van der Waals surface area contributed by atoms with Crippen molar-refractivity contribution in [2.75, 3.05) is 0 Å². The Bertz CT molecular complexity index is 1980. The smallest absolute Gasteiger partial charge is 0.324 e. The molecule has 7 rings (SSSR count). The summed E-state index contributed by atoms with van der Waals surface area (Å²) in [4.78, 5) is 5.26. The number of rotatable bonds is 6. The summed E-state index contributed by atoms with van der Waals surface area (Å²) >= 11 is 0. The van der Waals surface area contributed by atoms with Gasteiger partial charge in [-0.3, -0.25) is 8.63 Å². The molecule has 0 aliphatic carbocycles. The lowest BCUT2D eigenvalue weighted by molar-refractivity contribution is 0.630. The zero-order valence-electron chi connectivity index (χ0n) is 23.6. The minimum atomic E-state index is -2.79. The molecule has 2 nitrogen and oxygen atoms in total. The van der Waals surface area contributed by atoms with Gasteiger partial charge in [0.25, 0.3) is 0 Å². The quantitative estimate of drug-likeness (QED) is 0.181. The van der Waals surface area contributed by atoms with Gasteiger partial charge in [-0.2, -0.15) is 0 Å². The molecule has 5 heteroatoms. The summed E-state index contributed by atoms with van der Waals surface area (Å²) in [7, 11) is -2.79. The van der Waals surface area contributed by atoms with Gasteiger partial charge in [-0.05, 0) is 29.7 Å². The number of aromatic nitrogens is 1. The number of fused-ring (bicyclic) bond motifs is 1.